The zero-order valence-electron chi connectivity index (χ0n) is 15.2. The molecule has 28 heavy (non-hydrogen) atoms. The van der Waals surface area contributed by atoms with Crippen molar-refractivity contribution < 1.29 is 12.8 Å². The Morgan fingerprint density at radius 1 is 1.21 bits per heavy atom. The summed E-state index contributed by atoms with van der Waals surface area (Å²) in [5.41, 5.74) is -0.263. The summed E-state index contributed by atoms with van der Waals surface area (Å²) in [6, 6.07) is 3.55. The molecule has 0 radical (unpaired) electrons. The number of nitrogens with zero attached hydrogens (tertiary/aromatic N) is 5. The van der Waals surface area contributed by atoms with Gasteiger partial charge in [0.25, 0.3) is 5.56 Å². The Kier molecular flexibility index (Phi) is 4.27. The second-order valence-corrected chi connectivity index (χ2v) is 8.38. The molecule has 0 amide bonds. The van der Waals surface area contributed by atoms with Crippen molar-refractivity contribution in [2.75, 3.05) is 6.54 Å². The van der Waals surface area contributed by atoms with E-state index < -0.39 is 26.2 Å². The molecule has 4 rings (SSSR count). The van der Waals surface area contributed by atoms with E-state index in [2.05, 4.69) is 9.97 Å². The minimum atomic E-state index is -4.11. The molecule has 1 aliphatic heterocycles. The third kappa shape index (κ3) is 2.88. The summed E-state index contributed by atoms with van der Waals surface area (Å²) in [7, 11) is -1.46. The first-order chi connectivity index (χ1) is 13.3. The molecule has 0 spiro atoms. The van der Waals surface area contributed by atoms with E-state index >= 15 is 0 Å². The van der Waals surface area contributed by atoms with Gasteiger partial charge in [-0.25, -0.2) is 18.2 Å². The number of pyridine rings is 1. The fourth-order valence-corrected chi connectivity index (χ4v) is 4.63. The van der Waals surface area contributed by atoms with E-state index in [1.807, 2.05) is 0 Å². The highest BCUT2D eigenvalue weighted by Gasteiger charge is 2.34. The summed E-state index contributed by atoms with van der Waals surface area (Å²) in [6.07, 6.45) is 4.63. The predicted octanol–water partition coefficient (Wildman–Crippen LogP) is -0.119. The summed E-state index contributed by atoms with van der Waals surface area (Å²) in [5.74, 6) is 0.981. The number of rotatable bonds is 3. The molecule has 0 fully saturated rings. The van der Waals surface area contributed by atoms with E-state index in [9.17, 15) is 18.0 Å². The van der Waals surface area contributed by atoms with Crippen LogP contribution in [0.3, 0.4) is 0 Å². The van der Waals surface area contributed by atoms with Crippen LogP contribution in [-0.2, 0) is 37.1 Å². The van der Waals surface area contributed by atoms with E-state index in [0.717, 1.165) is 15.3 Å². The zero-order chi connectivity index (χ0) is 20.1. The van der Waals surface area contributed by atoms with E-state index in [1.165, 1.54) is 18.4 Å². The number of hydrogen-bond acceptors (Lipinski definition) is 7. The van der Waals surface area contributed by atoms with Crippen LogP contribution in [0.4, 0.5) is 0 Å². The second-order valence-electron chi connectivity index (χ2n) is 6.47. The SMILES string of the molecule is Cn1cc(S(=O)(=O)N2CCc3oc(-c4cccnc4)nc3C2)c(=O)n(C)c1=O. The van der Waals surface area contributed by atoms with Crippen molar-refractivity contribution in [2.24, 2.45) is 14.1 Å². The highest BCUT2D eigenvalue weighted by molar-refractivity contribution is 7.89. The van der Waals surface area contributed by atoms with Crippen LogP contribution in [0.1, 0.15) is 11.5 Å². The van der Waals surface area contributed by atoms with Crippen LogP contribution < -0.4 is 11.2 Å². The van der Waals surface area contributed by atoms with Gasteiger partial charge in [0, 0.05) is 45.7 Å². The Morgan fingerprint density at radius 2 is 2.00 bits per heavy atom. The molecule has 3 aromatic rings. The largest absolute Gasteiger partial charge is 0.441 e. The number of hydrogen-bond donors (Lipinski definition) is 0. The number of sulfonamides is 1. The number of aryl methyl sites for hydroxylation is 1. The van der Waals surface area contributed by atoms with Gasteiger partial charge in [-0.2, -0.15) is 4.31 Å². The van der Waals surface area contributed by atoms with Crippen molar-refractivity contribution in [3.8, 4) is 11.5 Å². The minimum absolute atomic E-state index is 0.0204. The van der Waals surface area contributed by atoms with Gasteiger partial charge < -0.3 is 8.98 Å². The molecule has 3 aromatic heterocycles. The van der Waals surface area contributed by atoms with Crippen LogP contribution in [0, 0.1) is 0 Å². The summed E-state index contributed by atoms with van der Waals surface area (Å²) < 4.78 is 34.9. The second kappa shape index (κ2) is 6.53. The lowest BCUT2D eigenvalue weighted by Crippen LogP contribution is -2.43. The molecule has 0 bridgehead atoms. The molecule has 0 saturated carbocycles. The van der Waals surface area contributed by atoms with Gasteiger partial charge in [0.2, 0.25) is 15.9 Å². The monoisotopic (exact) mass is 403 g/mol. The molecule has 146 valence electrons. The molecule has 10 nitrogen and oxygen atoms in total. The Balaban J connectivity index is 1.71. The maximum Gasteiger partial charge on any atom is 0.330 e. The van der Waals surface area contributed by atoms with Gasteiger partial charge in [0.05, 0.1) is 17.8 Å². The fourth-order valence-electron chi connectivity index (χ4n) is 3.08. The predicted molar refractivity (Wildman–Crippen MR) is 98.0 cm³/mol. The Bertz CT molecular complexity index is 1270. The molecular weight excluding hydrogens is 386 g/mol. The standard InChI is InChI=1S/C17H17N5O5S/c1-20-10-14(16(23)21(2)17(20)24)28(25,26)22-7-5-13-12(9-22)19-15(27-13)11-4-3-6-18-8-11/h3-4,6,8,10H,5,7,9H2,1-2H3. The van der Waals surface area contributed by atoms with Crippen molar-refractivity contribution >= 4 is 10.0 Å². The first-order valence-corrected chi connectivity index (χ1v) is 9.89. The average molecular weight is 403 g/mol. The zero-order valence-corrected chi connectivity index (χ0v) is 16.0. The topological polar surface area (TPSA) is 120 Å². The first-order valence-electron chi connectivity index (χ1n) is 8.45. The van der Waals surface area contributed by atoms with Gasteiger partial charge in [-0.1, -0.05) is 0 Å². The molecular formula is C17H17N5O5S. The average Bonchev–Trinajstić information content (AvgIpc) is 3.13. The van der Waals surface area contributed by atoms with E-state index in [0.29, 0.717) is 29.3 Å². The van der Waals surface area contributed by atoms with Crippen molar-refractivity contribution in [1.82, 2.24) is 23.4 Å². The minimum Gasteiger partial charge on any atom is -0.441 e. The molecule has 0 saturated heterocycles. The van der Waals surface area contributed by atoms with Gasteiger partial charge >= 0.3 is 5.69 Å². The van der Waals surface area contributed by atoms with Gasteiger partial charge in [0.1, 0.15) is 5.76 Å². The fraction of sp³-hybridized carbons (Fsp3) is 0.294. The van der Waals surface area contributed by atoms with Crippen molar-refractivity contribution in [3.63, 3.8) is 0 Å². The third-order valence-corrected chi connectivity index (χ3v) is 6.46. The Morgan fingerprint density at radius 3 is 2.71 bits per heavy atom. The van der Waals surface area contributed by atoms with E-state index in [-0.39, 0.29) is 13.1 Å². The summed E-state index contributed by atoms with van der Waals surface area (Å²) in [5, 5.41) is 0. The normalized spacial score (nSPS) is 14.8. The maximum atomic E-state index is 13.0. The molecule has 0 N–H and O–H groups in total. The molecule has 0 unspecified atom stereocenters. The van der Waals surface area contributed by atoms with Crippen LogP contribution in [0.2, 0.25) is 0 Å². The van der Waals surface area contributed by atoms with Crippen LogP contribution in [-0.4, -0.2) is 38.4 Å². The van der Waals surface area contributed by atoms with Crippen LogP contribution in [0.15, 0.2) is 49.6 Å². The summed E-state index contributed by atoms with van der Waals surface area (Å²) in [4.78, 5) is 32.2. The molecule has 11 heteroatoms. The number of aromatic nitrogens is 4. The van der Waals surface area contributed by atoms with Crippen molar-refractivity contribution in [3.05, 3.63) is 63.0 Å². The summed E-state index contributed by atoms with van der Waals surface area (Å²) >= 11 is 0. The molecule has 0 aromatic carbocycles. The lowest BCUT2D eigenvalue weighted by atomic mass is 10.2. The first kappa shape index (κ1) is 18.3. The number of fused-ring (bicyclic) bond motifs is 1. The van der Waals surface area contributed by atoms with Gasteiger partial charge in [-0.3, -0.25) is 14.3 Å². The van der Waals surface area contributed by atoms with Crippen molar-refractivity contribution in [1.29, 1.82) is 0 Å². The van der Waals surface area contributed by atoms with Crippen LogP contribution >= 0.6 is 0 Å². The van der Waals surface area contributed by atoms with Crippen LogP contribution in [0.5, 0.6) is 0 Å². The number of oxazole rings is 1. The molecule has 0 aliphatic carbocycles. The van der Waals surface area contributed by atoms with Crippen LogP contribution in [0.25, 0.3) is 11.5 Å². The van der Waals surface area contributed by atoms with E-state index in [1.54, 1.807) is 24.5 Å². The van der Waals surface area contributed by atoms with Gasteiger partial charge in [0.15, 0.2) is 4.90 Å². The highest BCUT2D eigenvalue weighted by atomic mass is 32.2. The van der Waals surface area contributed by atoms with Crippen molar-refractivity contribution in [2.45, 2.75) is 17.9 Å². The van der Waals surface area contributed by atoms with Gasteiger partial charge in [-0.05, 0) is 12.1 Å². The smallest absolute Gasteiger partial charge is 0.330 e. The Labute approximate surface area is 159 Å². The molecule has 0 atom stereocenters. The van der Waals surface area contributed by atoms with E-state index in [4.69, 9.17) is 4.42 Å². The third-order valence-electron chi connectivity index (χ3n) is 4.63. The molecule has 4 heterocycles. The lowest BCUT2D eigenvalue weighted by Gasteiger charge is -2.24. The lowest BCUT2D eigenvalue weighted by molar-refractivity contribution is 0.361. The maximum absolute atomic E-state index is 13.0. The summed E-state index contributed by atoms with van der Waals surface area (Å²) in [6.45, 7) is 0.121. The Hall–Kier alpha value is -3.05. The quantitative estimate of drug-likeness (QED) is 0.598. The molecule has 1 aliphatic rings. The highest BCUT2D eigenvalue weighted by Crippen LogP contribution is 2.27. The van der Waals surface area contributed by atoms with Gasteiger partial charge in [-0.15, -0.1) is 0 Å².